The Kier molecular flexibility index (Phi) is 4.69. The number of rotatable bonds is 3. The van der Waals surface area contributed by atoms with Crippen LogP contribution < -0.4 is 10.1 Å². The molecule has 1 aromatic carbocycles. The Labute approximate surface area is 114 Å². The molecule has 0 aromatic heterocycles. The second-order valence-electron chi connectivity index (χ2n) is 3.58. The quantitative estimate of drug-likeness (QED) is 0.846. The number of hydrogen-bond donors (Lipinski definition) is 1. The van der Waals surface area contributed by atoms with Crippen LogP contribution in [-0.4, -0.2) is 32.4 Å². The first-order chi connectivity index (χ1) is 7.75. The van der Waals surface area contributed by atoms with E-state index in [9.17, 15) is 0 Å². The Balaban J connectivity index is 1.88. The SMILES string of the molecule is Clc1ccc(OCC2CNCCO2)c(I)c1. The van der Waals surface area contributed by atoms with Crippen molar-refractivity contribution in [2.45, 2.75) is 6.10 Å². The lowest BCUT2D eigenvalue weighted by molar-refractivity contribution is 0.0000226. The van der Waals surface area contributed by atoms with Gasteiger partial charge in [-0.1, -0.05) is 11.6 Å². The lowest BCUT2D eigenvalue weighted by Gasteiger charge is -2.23. The van der Waals surface area contributed by atoms with Gasteiger partial charge in [-0.3, -0.25) is 0 Å². The Morgan fingerprint density at radius 3 is 3.12 bits per heavy atom. The molecule has 2 rings (SSSR count). The van der Waals surface area contributed by atoms with Crippen LogP contribution in [0, 0.1) is 3.57 Å². The van der Waals surface area contributed by atoms with Gasteiger partial charge in [0.15, 0.2) is 0 Å². The van der Waals surface area contributed by atoms with Crippen molar-refractivity contribution in [1.82, 2.24) is 5.32 Å². The third-order valence-corrected chi connectivity index (χ3v) is 3.40. The Bertz CT molecular complexity index is 356. The van der Waals surface area contributed by atoms with E-state index in [0.717, 1.165) is 34.0 Å². The molecule has 1 fully saturated rings. The minimum Gasteiger partial charge on any atom is -0.490 e. The van der Waals surface area contributed by atoms with Crippen LogP contribution in [0.1, 0.15) is 0 Å². The number of ether oxygens (including phenoxy) is 2. The molecule has 1 aromatic rings. The van der Waals surface area contributed by atoms with E-state index < -0.39 is 0 Å². The van der Waals surface area contributed by atoms with Gasteiger partial charge in [0.2, 0.25) is 0 Å². The van der Waals surface area contributed by atoms with Crippen LogP contribution in [0.5, 0.6) is 5.75 Å². The van der Waals surface area contributed by atoms with Crippen molar-refractivity contribution in [2.75, 3.05) is 26.3 Å². The standard InChI is InChI=1S/C11H13ClINO2/c12-8-1-2-11(10(13)5-8)16-7-9-6-14-3-4-15-9/h1-2,5,9,14H,3-4,6-7H2. The van der Waals surface area contributed by atoms with Crippen LogP contribution in [0.25, 0.3) is 0 Å². The van der Waals surface area contributed by atoms with Gasteiger partial charge >= 0.3 is 0 Å². The molecule has 16 heavy (non-hydrogen) atoms. The van der Waals surface area contributed by atoms with E-state index in [1.54, 1.807) is 0 Å². The average Bonchev–Trinajstić information content (AvgIpc) is 2.29. The predicted molar refractivity (Wildman–Crippen MR) is 72.3 cm³/mol. The van der Waals surface area contributed by atoms with Crippen LogP contribution in [0.4, 0.5) is 0 Å². The fourth-order valence-corrected chi connectivity index (χ4v) is 2.53. The van der Waals surface area contributed by atoms with Crippen molar-refractivity contribution in [2.24, 2.45) is 0 Å². The van der Waals surface area contributed by atoms with Gasteiger partial charge in [-0.25, -0.2) is 0 Å². The number of benzene rings is 1. The molecule has 0 spiro atoms. The average molecular weight is 354 g/mol. The first-order valence-electron chi connectivity index (χ1n) is 5.16. The second kappa shape index (κ2) is 6.05. The van der Waals surface area contributed by atoms with Crippen LogP contribution in [0.15, 0.2) is 18.2 Å². The first-order valence-corrected chi connectivity index (χ1v) is 6.61. The monoisotopic (exact) mass is 353 g/mol. The zero-order chi connectivity index (χ0) is 11.4. The summed E-state index contributed by atoms with van der Waals surface area (Å²) in [5.41, 5.74) is 0. The summed E-state index contributed by atoms with van der Waals surface area (Å²) in [5, 5.41) is 4.00. The summed E-state index contributed by atoms with van der Waals surface area (Å²) >= 11 is 8.09. The fourth-order valence-electron chi connectivity index (χ4n) is 1.50. The Morgan fingerprint density at radius 2 is 2.44 bits per heavy atom. The molecular formula is C11H13ClINO2. The van der Waals surface area contributed by atoms with Crippen molar-refractivity contribution >= 4 is 34.2 Å². The van der Waals surface area contributed by atoms with E-state index >= 15 is 0 Å². The highest BCUT2D eigenvalue weighted by Crippen LogP contribution is 2.24. The molecule has 0 bridgehead atoms. The molecule has 1 aliphatic rings. The van der Waals surface area contributed by atoms with Gasteiger partial charge in [0.05, 0.1) is 10.2 Å². The van der Waals surface area contributed by atoms with Gasteiger partial charge in [0.1, 0.15) is 18.5 Å². The van der Waals surface area contributed by atoms with E-state index in [4.69, 9.17) is 21.1 Å². The molecule has 5 heteroatoms. The van der Waals surface area contributed by atoms with Crippen LogP contribution >= 0.6 is 34.2 Å². The molecule has 1 atom stereocenters. The number of halogens is 2. The number of hydrogen-bond acceptors (Lipinski definition) is 3. The molecule has 1 heterocycles. The molecule has 3 nitrogen and oxygen atoms in total. The molecule has 1 aliphatic heterocycles. The summed E-state index contributed by atoms with van der Waals surface area (Å²) in [5.74, 6) is 0.860. The minimum atomic E-state index is 0.139. The summed E-state index contributed by atoms with van der Waals surface area (Å²) in [6, 6.07) is 5.61. The van der Waals surface area contributed by atoms with Crippen LogP contribution in [0.3, 0.4) is 0 Å². The van der Waals surface area contributed by atoms with Gasteiger partial charge in [-0.2, -0.15) is 0 Å². The molecule has 1 saturated heterocycles. The van der Waals surface area contributed by atoms with Gasteiger partial charge in [0, 0.05) is 18.1 Å². The van der Waals surface area contributed by atoms with Crippen molar-refractivity contribution in [3.8, 4) is 5.75 Å². The third-order valence-electron chi connectivity index (χ3n) is 2.32. The molecule has 1 unspecified atom stereocenters. The summed E-state index contributed by atoms with van der Waals surface area (Å²) < 4.78 is 12.3. The number of nitrogens with one attached hydrogen (secondary N) is 1. The largest absolute Gasteiger partial charge is 0.490 e. The Hall–Kier alpha value is -0.0400. The van der Waals surface area contributed by atoms with E-state index in [-0.39, 0.29) is 6.10 Å². The summed E-state index contributed by atoms with van der Waals surface area (Å²) in [7, 11) is 0. The zero-order valence-corrected chi connectivity index (χ0v) is 11.6. The summed E-state index contributed by atoms with van der Waals surface area (Å²) in [4.78, 5) is 0. The van der Waals surface area contributed by atoms with Gasteiger partial charge in [-0.05, 0) is 40.8 Å². The summed E-state index contributed by atoms with van der Waals surface area (Å²) in [6.45, 7) is 3.11. The van der Waals surface area contributed by atoms with Crippen molar-refractivity contribution in [3.63, 3.8) is 0 Å². The maximum absolute atomic E-state index is 5.87. The maximum atomic E-state index is 5.87. The molecule has 1 N–H and O–H groups in total. The minimum absolute atomic E-state index is 0.139. The van der Waals surface area contributed by atoms with Crippen molar-refractivity contribution < 1.29 is 9.47 Å². The molecule has 0 radical (unpaired) electrons. The predicted octanol–water partition coefficient (Wildman–Crippen LogP) is 2.31. The lowest BCUT2D eigenvalue weighted by Crippen LogP contribution is -2.41. The summed E-state index contributed by atoms with van der Waals surface area (Å²) in [6.07, 6.45) is 0.139. The van der Waals surface area contributed by atoms with E-state index in [1.165, 1.54) is 0 Å². The second-order valence-corrected chi connectivity index (χ2v) is 5.18. The van der Waals surface area contributed by atoms with Crippen LogP contribution in [-0.2, 0) is 4.74 Å². The molecule has 0 amide bonds. The van der Waals surface area contributed by atoms with E-state index in [2.05, 4.69) is 27.9 Å². The van der Waals surface area contributed by atoms with E-state index in [0.29, 0.717) is 6.61 Å². The lowest BCUT2D eigenvalue weighted by atomic mass is 10.3. The molecule has 88 valence electrons. The fraction of sp³-hybridized carbons (Fsp3) is 0.455. The normalized spacial score (nSPS) is 20.8. The highest BCUT2D eigenvalue weighted by Gasteiger charge is 2.14. The highest BCUT2D eigenvalue weighted by molar-refractivity contribution is 14.1. The molecule has 0 aliphatic carbocycles. The third kappa shape index (κ3) is 3.48. The smallest absolute Gasteiger partial charge is 0.132 e. The molecule has 0 saturated carbocycles. The Morgan fingerprint density at radius 1 is 1.56 bits per heavy atom. The molecular weight excluding hydrogens is 340 g/mol. The van der Waals surface area contributed by atoms with Crippen LogP contribution in [0.2, 0.25) is 5.02 Å². The van der Waals surface area contributed by atoms with Crippen molar-refractivity contribution in [3.05, 3.63) is 26.8 Å². The van der Waals surface area contributed by atoms with E-state index in [1.807, 2.05) is 18.2 Å². The zero-order valence-electron chi connectivity index (χ0n) is 8.71. The number of morpholine rings is 1. The highest BCUT2D eigenvalue weighted by atomic mass is 127. The topological polar surface area (TPSA) is 30.5 Å². The first kappa shape index (κ1) is 12.4. The van der Waals surface area contributed by atoms with Gasteiger partial charge in [0.25, 0.3) is 0 Å². The van der Waals surface area contributed by atoms with Gasteiger partial charge in [-0.15, -0.1) is 0 Å². The van der Waals surface area contributed by atoms with Crippen molar-refractivity contribution in [1.29, 1.82) is 0 Å². The van der Waals surface area contributed by atoms with Gasteiger partial charge < -0.3 is 14.8 Å². The maximum Gasteiger partial charge on any atom is 0.132 e.